The summed E-state index contributed by atoms with van der Waals surface area (Å²) in [5, 5.41) is 0. The predicted molar refractivity (Wildman–Crippen MR) is 81.9 cm³/mol. The van der Waals surface area contributed by atoms with Crippen LogP contribution in [-0.2, 0) is 10.0 Å². The van der Waals surface area contributed by atoms with Crippen LogP contribution in [0.15, 0.2) is 34.7 Å². The first kappa shape index (κ1) is 15.1. The summed E-state index contributed by atoms with van der Waals surface area (Å²) in [6.07, 6.45) is 7.73. The van der Waals surface area contributed by atoms with Crippen molar-refractivity contribution in [3.63, 3.8) is 0 Å². The van der Waals surface area contributed by atoms with E-state index in [4.69, 9.17) is 5.73 Å². The molecule has 1 aliphatic carbocycles. The van der Waals surface area contributed by atoms with Gasteiger partial charge in [0.25, 0.3) is 0 Å². The number of hydrogen-bond donors (Lipinski definition) is 2. The first-order chi connectivity index (χ1) is 9.49. The smallest absolute Gasteiger partial charge is 0.240 e. The third kappa shape index (κ3) is 3.84. The topological polar surface area (TPSA) is 72.2 Å². The Kier molecular flexibility index (Phi) is 4.83. The number of hydrogen-bond acceptors (Lipinski definition) is 3. The van der Waals surface area contributed by atoms with Crippen molar-refractivity contribution in [2.75, 3.05) is 12.3 Å². The number of nitrogen functional groups attached to an aromatic ring is 1. The van der Waals surface area contributed by atoms with E-state index >= 15 is 0 Å². The molecule has 4 nitrogen and oxygen atoms in total. The van der Waals surface area contributed by atoms with Gasteiger partial charge in [-0.25, -0.2) is 13.1 Å². The molecule has 20 heavy (non-hydrogen) atoms. The number of nitrogens with one attached hydrogen (secondary N) is 1. The molecule has 0 bridgehead atoms. The summed E-state index contributed by atoms with van der Waals surface area (Å²) < 4.78 is 27.0. The van der Waals surface area contributed by atoms with Crippen molar-refractivity contribution < 1.29 is 8.42 Å². The molecule has 3 N–H and O–H groups in total. The average molecular weight is 294 g/mol. The van der Waals surface area contributed by atoms with E-state index in [1.54, 1.807) is 25.1 Å². The van der Waals surface area contributed by atoms with Crippen LogP contribution >= 0.6 is 0 Å². The molecule has 0 unspecified atom stereocenters. The number of aryl methyl sites for hydroxylation is 1. The molecule has 2 rings (SSSR count). The van der Waals surface area contributed by atoms with Crippen molar-refractivity contribution in [3.8, 4) is 0 Å². The number of nitrogens with two attached hydrogens (primary N) is 1. The van der Waals surface area contributed by atoms with Gasteiger partial charge in [-0.15, -0.1) is 0 Å². The van der Waals surface area contributed by atoms with E-state index in [1.165, 1.54) is 18.4 Å². The van der Waals surface area contributed by atoms with Gasteiger partial charge in [0.15, 0.2) is 0 Å². The third-order valence-corrected chi connectivity index (χ3v) is 5.13. The van der Waals surface area contributed by atoms with E-state index in [1.807, 2.05) is 0 Å². The van der Waals surface area contributed by atoms with Crippen LogP contribution in [-0.4, -0.2) is 15.0 Å². The SMILES string of the molecule is Cc1cc(S(=O)(=O)NCCC2=CCCCC2)ccc1N. The molecular formula is C15H22N2O2S. The maximum Gasteiger partial charge on any atom is 0.240 e. The third-order valence-electron chi connectivity index (χ3n) is 3.67. The van der Waals surface area contributed by atoms with Gasteiger partial charge in [0, 0.05) is 12.2 Å². The van der Waals surface area contributed by atoms with Crippen molar-refractivity contribution in [1.82, 2.24) is 4.72 Å². The number of allylic oxidation sites excluding steroid dienone is 1. The van der Waals surface area contributed by atoms with Crippen molar-refractivity contribution >= 4 is 15.7 Å². The molecule has 1 aromatic rings. The van der Waals surface area contributed by atoms with E-state index in [2.05, 4.69) is 10.8 Å². The van der Waals surface area contributed by atoms with Crippen molar-refractivity contribution in [1.29, 1.82) is 0 Å². The Labute approximate surface area is 121 Å². The van der Waals surface area contributed by atoms with Crippen LogP contribution in [0.2, 0.25) is 0 Å². The highest BCUT2D eigenvalue weighted by Gasteiger charge is 2.14. The second-order valence-corrected chi connectivity index (χ2v) is 7.04. The predicted octanol–water partition coefficient (Wildman–Crippen LogP) is 2.75. The molecule has 110 valence electrons. The molecule has 1 aliphatic rings. The second-order valence-electron chi connectivity index (χ2n) is 5.27. The van der Waals surface area contributed by atoms with E-state index in [0.29, 0.717) is 12.2 Å². The minimum Gasteiger partial charge on any atom is -0.399 e. The number of benzene rings is 1. The Bertz CT molecular complexity index is 606. The quantitative estimate of drug-likeness (QED) is 0.648. The minimum atomic E-state index is -3.43. The van der Waals surface area contributed by atoms with Gasteiger partial charge in [0.1, 0.15) is 0 Å². The Morgan fingerprint density at radius 2 is 2.10 bits per heavy atom. The Morgan fingerprint density at radius 3 is 2.75 bits per heavy atom. The zero-order valence-corrected chi connectivity index (χ0v) is 12.7. The minimum absolute atomic E-state index is 0.279. The molecule has 0 saturated heterocycles. The first-order valence-corrected chi connectivity index (χ1v) is 8.51. The van der Waals surface area contributed by atoms with Gasteiger partial charge in [-0.3, -0.25) is 0 Å². The fourth-order valence-electron chi connectivity index (χ4n) is 2.38. The largest absolute Gasteiger partial charge is 0.399 e. The summed E-state index contributed by atoms with van der Waals surface area (Å²) in [6, 6.07) is 4.79. The van der Waals surface area contributed by atoms with Gasteiger partial charge in [-0.1, -0.05) is 11.6 Å². The maximum absolute atomic E-state index is 12.2. The zero-order valence-electron chi connectivity index (χ0n) is 11.9. The van der Waals surface area contributed by atoms with E-state index < -0.39 is 10.0 Å². The molecule has 0 spiro atoms. The van der Waals surface area contributed by atoms with E-state index in [9.17, 15) is 8.42 Å². The Balaban J connectivity index is 1.96. The van der Waals surface area contributed by atoms with Gasteiger partial charge in [-0.05, 0) is 62.8 Å². The summed E-state index contributed by atoms with van der Waals surface area (Å²) in [6.45, 7) is 2.26. The summed E-state index contributed by atoms with van der Waals surface area (Å²) in [5.74, 6) is 0. The second kappa shape index (κ2) is 6.41. The summed E-state index contributed by atoms with van der Waals surface area (Å²) in [7, 11) is -3.43. The van der Waals surface area contributed by atoms with Gasteiger partial charge in [0.05, 0.1) is 4.90 Å². The molecule has 0 saturated carbocycles. The molecule has 0 radical (unpaired) electrons. The maximum atomic E-state index is 12.2. The molecule has 5 heteroatoms. The van der Waals surface area contributed by atoms with Gasteiger partial charge >= 0.3 is 0 Å². The fraction of sp³-hybridized carbons (Fsp3) is 0.467. The lowest BCUT2D eigenvalue weighted by molar-refractivity contribution is 0.579. The van der Waals surface area contributed by atoms with Crippen LogP contribution in [0.3, 0.4) is 0 Å². The van der Waals surface area contributed by atoms with Gasteiger partial charge < -0.3 is 5.73 Å². The fourth-order valence-corrected chi connectivity index (χ4v) is 3.49. The van der Waals surface area contributed by atoms with E-state index in [0.717, 1.165) is 24.8 Å². The lowest BCUT2D eigenvalue weighted by Crippen LogP contribution is -2.25. The van der Waals surface area contributed by atoms with Crippen molar-refractivity contribution in [2.45, 2.75) is 43.9 Å². The Hall–Kier alpha value is -1.33. The monoisotopic (exact) mass is 294 g/mol. The summed E-state index contributed by atoms with van der Waals surface area (Å²) >= 11 is 0. The first-order valence-electron chi connectivity index (χ1n) is 7.03. The molecule has 0 aromatic heterocycles. The zero-order chi connectivity index (χ0) is 14.6. The van der Waals surface area contributed by atoms with E-state index in [-0.39, 0.29) is 4.90 Å². The standard InChI is InChI=1S/C15H22N2O2S/c1-12-11-14(7-8-15(12)16)20(18,19)17-10-9-13-5-3-2-4-6-13/h5,7-8,11,17H,2-4,6,9-10,16H2,1H3. The van der Waals surface area contributed by atoms with Crippen molar-refractivity contribution in [3.05, 3.63) is 35.4 Å². The molecule has 1 aromatic carbocycles. The van der Waals surface area contributed by atoms with Crippen LogP contribution in [0.1, 0.15) is 37.7 Å². The average Bonchev–Trinajstić information content (AvgIpc) is 2.43. The van der Waals surface area contributed by atoms with Crippen LogP contribution in [0.4, 0.5) is 5.69 Å². The number of anilines is 1. The summed E-state index contributed by atoms with van der Waals surface area (Å²) in [4.78, 5) is 0.279. The van der Waals surface area contributed by atoms with Crippen LogP contribution < -0.4 is 10.5 Å². The normalized spacial score (nSPS) is 15.9. The highest BCUT2D eigenvalue weighted by atomic mass is 32.2. The lowest BCUT2D eigenvalue weighted by atomic mass is 9.97. The molecule has 0 fully saturated rings. The van der Waals surface area contributed by atoms with Crippen LogP contribution in [0.5, 0.6) is 0 Å². The molecule has 0 atom stereocenters. The molecule has 0 heterocycles. The lowest BCUT2D eigenvalue weighted by Gasteiger charge is -2.13. The summed E-state index contributed by atoms with van der Waals surface area (Å²) in [5.41, 5.74) is 8.46. The number of rotatable bonds is 5. The van der Waals surface area contributed by atoms with Gasteiger partial charge in [0.2, 0.25) is 10.0 Å². The van der Waals surface area contributed by atoms with Crippen LogP contribution in [0.25, 0.3) is 0 Å². The molecule has 0 amide bonds. The highest BCUT2D eigenvalue weighted by molar-refractivity contribution is 7.89. The number of sulfonamides is 1. The van der Waals surface area contributed by atoms with Crippen molar-refractivity contribution in [2.24, 2.45) is 0 Å². The molecule has 0 aliphatic heterocycles. The Morgan fingerprint density at radius 1 is 1.30 bits per heavy atom. The van der Waals surface area contributed by atoms with Crippen LogP contribution in [0, 0.1) is 6.92 Å². The molecular weight excluding hydrogens is 272 g/mol. The highest BCUT2D eigenvalue weighted by Crippen LogP contribution is 2.20. The van der Waals surface area contributed by atoms with Gasteiger partial charge in [-0.2, -0.15) is 0 Å².